The third-order valence-electron chi connectivity index (χ3n) is 4.81. The van der Waals surface area contributed by atoms with Gasteiger partial charge in [-0.05, 0) is 49.4 Å². The molecule has 1 amide bonds. The lowest BCUT2D eigenvalue weighted by atomic mass is 10.1. The summed E-state index contributed by atoms with van der Waals surface area (Å²) in [6.45, 7) is 6.48. The second-order valence-electron chi connectivity index (χ2n) is 6.90. The van der Waals surface area contributed by atoms with Crippen LogP contribution < -0.4 is 15.0 Å². The van der Waals surface area contributed by atoms with Crippen molar-refractivity contribution in [3.8, 4) is 5.75 Å². The molecule has 1 fully saturated rings. The van der Waals surface area contributed by atoms with Gasteiger partial charge in [0.05, 0.1) is 0 Å². The second-order valence-corrected chi connectivity index (χ2v) is 7.30. The fourth-order valence-electron chi connectivity index (χ4n) is 3.12. The van der Waals surface area contributed by atoms with E-state index in [4.69, 9.17) is 16.3 Å². The molecule has 0 aliphatic carbocycles. The van der Waals surface area contributed by atoms with E-state index in [0.717, 1.165) is 37.3 Å². The third-order valence-corrected chi connectivity index (χ3v) is 5.24. The minimum absolute atomic E-state index is 0.0161. The molecule has 1 aliphatic heterocycles. The lowest BCUT2D eigenvalue weighted by molar-refractivity contribution is -0.123. The van der Waals surface area contributed by atoms with E-state index in [9.17, 15) is 4.79 Å². The smallest absolute Gasteiger partial charge is 0.258 e. The molecular weight excluding hydrogens is 362 g/mol. The SMILES string of the molecule is Cc1cc(OCC(=O)NCc2ccccc2N2CCN(C)CC2)ccc1Cl. The van der Waals surface area contributed by atoms with Gasteiger partial charge < -0.3 is 19.9 Å². The number of anilines is 1. The van der Waals surface area contributed by atoms with E-state index in [1.807, 2.05) is 25.1 Å². The lowest BCUT2D eigenvalue weighted by Crippen LogP contribution is -2.45. The van der Waals surface area contributed by atoms with Crippen molar-refractivity contribution in [2.75, 3.05) is 44.7 Å². The van der Waals surface area contributed by atoms with Gasteiger partial charge in [-0.2, -0.15) is 0 Å². The number of piperazine rings is 1. The molecule has 1 aliphatic rings. The number of nitrogens with one attached hydrogen (secondary N) is 1. The number of hydrogen-bond acceptors (Lipinski definition) is 4. The molecular formula is C21H26ClN3O2. The first kappa shape index (κ1) is 19.5. The van der Waals surface area contributed by atoms with Gasteiger partial charge in [0.1, 0.15) is 5.75 Å². The van der Waals surface area contributed by atoms with Crippen LogP contribution in [-0.2, 0) is 11.3 Å². The van der Waals surface area contributed by atoms with Crippen LogP contribution in [0.5, 0.6) is 5.75 Å². The number of carbonyl (C=O) groups excluding carboxylic acids is 1. The van der Waals surface area contributed by atoms with Gasteiger partial charge in [-0.1, -0.05) is 29.8 Å². The first-order valence-electron chi connectivity index (χ1n) is 9.20. The summed E-state index contributed by atoms with van der Waals surface area (Å²) in [6, 6.07) is 13.6. The van der Waals surface area contributed by atoms with Crippen LogP contribution in [0.1, 0.15) is 11.1 Å². The second kappa shape index (κ2) is 9.11. The van der Waals surface area contributed by atoms with E-state index in [1.165, 1.54) is 5.69 Å². The van der Waals surface area contributed by atoms with Crippen LogP contribution in [0.3, 0.4) is 0 Å². The van der Waals surface area contributed by atoms with Crippen molar-refractivity contribution >= 4 is 23.2 Å². The highest BCUT2D eigenvalue weighted by Crippen LogP contribution is 2.22. The van der Waals surface area contributed by atoms with Crippen LogP contribution in [0.2, 0.25) is 5.02 Å². The molecule has 2 aromatic rings. The predicted octanol–water partition coefficient (Wildman–Crippen LogP) is 3.10. The van der Waals surface area contributed by atoms with Crippen LogP contribution in [0.25, 0.3) is 0 Å². The number of para-hydroxylation sites is 1. The van der Waals surface area contributed by atoms with Crippen molar-refractivity contribution in [2.45, 2.75) is 13.5 Å². The van der Waals surface area contributed by atoms with Crippen molar-refractivity contribution < 1.29 is 9.53 Å². The maximum absolute atomic E-state index is 12.2. The van der Waals surface area contributed by atoms with E-state index < -0.39 is 0 Å². The summed E-state index contributed by atoms with van der Waals surface area (Å²) in [4.78, 5) is 16.9. The molecule has 6 heteroatoms. The molecule has 1 N–H and O–H groups in total. The first-order valence-corrected chi connectivity index (χ1v) is 9.58. The predicted molar refractivity (Wildman–Crippen MR) is 110 cm³/mol. The topological polar surface area (TPSA) is 44.8 Å². The fraction of sp³-hybridized carbons (Fsp3) is 0.381. The van der Waals surface area contributed by atoms with Crippen molar-refractivity contribution in [2.24, 2.45) is 0 Å². The normalized spacial score (nSPS) is 14.9. The van der Waals surface area contributed by atoms with Gasteiger partial charge in [-0.15, -0.1) is 0 Å². The van der Waals surface area contributed by atoms with E-state index in [-0.39, 0.29) is 12.5 Å². The summed E-state index contributed by atoms with van der Waals surface area (Å²) in [6.07, 6.45) is 0. The molecule has 3 rings (SSSR count). The van der Waals surface area contributed by atoms with Gasteiger partial charge in [-0.3, -0.25) is 4.79 Å². The Hall–Kier alpha value is -2.24. The largest absolute Gasteiger partial charge is 0.484 e. The fourth-order valence-corrected chi connectivity index (χ4v) is 3.23. The van der Waals surface area contributed by atoms with Crippen LogP contribution >= 0.6 is 11.6 Å². The highest BCUT2D eigenvalue weighted by Gasteiger charge is 2.17. The first-order chi connectivity index (χ1) is 13.0. The monoisotopic (exact) mass is 387 g/mol. The maximum atomic E-state index is 12.2. The van der Waals surface area contributed by atoms with Crippen molar-refractivity contribution in [3.05, 3.63) is 58.6 Å². The van der Waals surface area contributed by atoms with Gasteiger partial charge >= 0.3 is 0 Å². The number of nitrogens with zero attached hydrogens (tertiary/aromatic N) is 2. The standard InChI is InChI=1S/C21H26ClN3O2/c1-16-13-18(7-8-19(16)22)27-15-21(26)23-14-17-5-3-4-6-20(17)25-11-9-24(2)10-12-25/h3-8,13H,9-12,14-15H2,1-2H3,(H,23,26). The van der Waals surface area contributed by atoms with E-state index in [2.05, 4.69) is 34.3 Å². The minimum atomic E-state index is -0.143. The Bertz CT molecular complexity index is 789. The Balaban J connectivity index is 1.53. The summed E-state index contributed by atoms with van der Waals surface area (Å²) >= 11 is 6.01. The summed E-state index contributed by atoms with van der Waals surface area (Å²) in [5, 5.41) is 3.64. The number of carbonyl (C=O) groups is 1. The molecule has 5 nitrogen and oxygen atoms in total. The molecule has 1 saturated heterocycles. The zero-order valence-electron chi connectivity index (χ0n) is 15.9. The van der Waals surface area contributed by atoms with Crippen molar-refractivity contribution in [1.29, 1.82) is 0 Å². The number of hydrogen-bond donors (Lipinski definition) is 1. The molecule has 0 saturated carbocycles. The number of halogens is 1. The molecule has 0 spiro atoms. The van der Waals surface area contributed by atoms with Gasteiger partial charge in [0.15, 0.2) is 6.61 Å². The van der Waals surface area contributed by atoms with Crippen molar-refractivity contribution in [3.63, 3.8) is 0 Å². The Morgan fingerprint density at radius 1 is 1.15 bits per heavy atom. The maximum Gasteiger partial charge on any atom is 0.258 e. The number of rotatable bonds is 6. The highest BCUT2D eigenvalue weighted by molar-refractivity contribution is 6.31. The molecule has 0 radical (unpaired) electrons. The van der Waals surface area contributed by atoms with Crippen molar-refractivity contribution in [1.82, 2.24) is 10.2 Å². The molecule has 27 heavy (non-hydrogen) atoms. The number of ether oxygens (including phenoxy) is 1. The van der Waals surface area contributed by atoms with Crippen LogP contribution in [-0.4, -0.2) is 50.6 Å². The summed E-state index contributed by atoms with van der Waals surface area (Å²) < 4.78 is 5.56. The molecule has 144 valence electrons. The molecule has 0 atom stereocenters. The quantitative estimate of drug-likeness (QED) is 0.827. The zero-order valence-corrected chi connectivity index (χ0v) is 16.6. The number of likely N-dealkylation sites (N-methyl/N-ethyl adjacent to an activating group) is 1. The Kier molecular flexibility index (Phi) is 6.58. The molecule has 0 unspecified atom stereocenters. The van der Waals surface area contributed by atoms with E-state index >= 15 is 0 Å². The molecule has 2 aromatic carbocycles. The minimum Gasteiger partial charge on any atom is -0.484 e. The van der Waals surface area contributed by atoms with E-state index in [0.29, 0.717) is 17.3 Å². The van der Waals surface area contributed by atoms with Gasteiger partial charge in [0.25, 0.3) is 5.91 Å². The number of benzene rings is 2. The Labute approximate surface area is 165 Å². The summed E-state index contributed by atoms with van der Waals surface area (Å²) in [5.74, 6) is 0.501. The number of amides is 1. The van der Waals surface area contributed by atoms with Crippen LogP contribution in [0.15, 0.2) is 42.5 Å². The summed E-state index contributed by atoms with van der Waals surface area (Å²) in [7, 11) is 2.14. The van der Waals surface area contributed by atoms with Crippen LogP contribution in [0.4, 0.5) is 5.69 Å². The Morgan fingerprint density at radius 3 is 2.63 bits per heavy atom. The van der Waals surface area contributed by atoms with E-state index in [1.54, 1.807) is 12.1 Å². The molecule has 1 heterocycles. The van der Waals surface area contributed by atoms with Gasteiger partial charge in [0, 0.05) is 43.4 Å². The summed E-state index contributed by atoms with van der Waals surface area (Å²) in [5.41, 5.74) is 3.24. The lowest BCUT2D eigenvalue weighted by Gasteiger charge is -2.35. The van der Waals surface area contributed by atoms with Crippen LogP contribution in [0, 0.1) is 6.92 Å². The average molecular weight is 388 g/mol. The Morgan fingerprint density at radius 2 is 1.89 bits per heavy atom. The number of aryl methyl sites for hydroxylation is 1. The molecule has 0 aromatic heterocycles. The molecule has 0 bridgehead atoms. The van der Waals surface area contributed by atoms with Gasteiger partial charge in [-0.25, -0.2) is 0 Å². The highest BCUT2D eigenvalue weighted by atomic mass is 35.5. The van der Waals surface area contributed by atoms with Gasteiger partial charge in [0.2, 0.25) is 0 Å². The zero-order chi connectivity index (χ0) is 19.2. The third kappa shape index (κ3) is 5.37. The average Bonchev–Trinajstić information content (AvgIpc) is 2.68.